The predicted molar refractivity (Wildman–Crippen MR) is 136 cm³/mol. The SMILES string of the molecule is N#Cc1ccc(-n2nc(C3CCN(CC(=O)O)CC3)c3ccc(/C=C/C4CCNCC4)cc32)cc1. The van der Waals surface area contributed by atoms with Crippen molar-refractivity contribution in [3.05, 3.63) is 65.4 Å². The Kier molecular flexibility index (Phi) is 6.94. The Balaban J connectivity index is 1.48. The number of aliphatic carboxylic acids is 1. The second-order valence-electron chi connectivity index (χ2n) is 9.62. The summed E-state index contributed by atoms with van der Waals surface area (Å²) in [6.45, 7) is 3.78. The molecule has 1 aromatic heterocycles. The normalized spacial score (nSPS) is 18.3. The van der Waals surface area contributed by atoms with E-state index in [4.69, 9.17) is 10.2 Å². The second-order valence-corrected chi connectivity index (χ2v) is 9.62. The van der Waals surface area contributed by atoms with E-state index < -0.39 is 5.97 Å². The number of carboxylic acids is 1. The summed E-state index contributed by atoms with van der Waals surface area (Å²) < 4.78 is 2.00. The summed E-state index contributed by atoms with van der Waals surface area (Å²) >= 11 is 0. The summed E-state index contributed by atoms with van der Waals surface area (Å²) in [5.41, 5.74) is 4.86. The molecule has 5 rings (SSSR count). The molecular weight excluding hydrogens is 438 g/mol. The van der Waals surface area contributed by atoms with E-state index in [9.17, 15) is 10.1 Å². The van der Waals surface area contributed by atoms with Gasteiger partial charge in [-0.1, -0.05) is 24.3 Å². The number of fused-ring (bicyclic) bond motifs is 1. The van der Waals surface area contributed by atoms with Crippen LogP contribution < -0.4 is 5.32 Å². The van der Waals surface area contributed by atoms with Gasteiger partial charge in [-0.25, -0.2) is 4.68 Å². The average Bonchev–Trinajstić information content (AvgIpc) is 3.27. The third-order valence-electron chi connectivity index (χ3n) is 7.25. The molecule has 0 unspecified atom stereocenters. The van der Waals surface area contributed by atoms with Gasteiger partial charge in [-0.3, -0.25) is 9.69 Å². The van der Waals surface area contributed by atoms with E-state index >= 15 is 0 Å². The Morgan fingerprint density at radius 2 is 1.86 bits per heavy atom. The van der Waals surface area contributed by atoms with Crippen LogP contribution in [0.2, 0.25) is 0 Å². The molecular formula is C28H31N5O2. The zero-order valence-corrected chi connectivity index (χ0v) is 19.9. The number of nitrogens with zero attached hydrogens (tertiary/aromatic N) is 4. The molecule has 35 heavy (non-hydrogen) atoms. The number of nitriles is 1. The highest BCUT2D eigenvalue weighted by molar-refractivity contribution is 5.86. The number of carboxylic acid groups (broad SMARTS) is 1. The number of piperidine rings is 2. The lowest BCUT2D eigenvalue weighted by molar-refractivity contribution is -0.138. The Morgan fingerprint density at radius 1 is 1.11 bits per heavy atom. The zero-order chi connectivity index (χ0) is 24.2. The van der Waals surface area contributed by atoms with Crippen LogP contribution in [0.15, 0.2) is 48.5 Å². The van der Waals surface area contributed by atoms with Crippen molar-refractivity contribution in [2.45, 2.75) is 31.6 Å². The van der Waals surface area contributed by atoms with Crippen LogP contribution in [0.3, 0.4) is 0 Å². The summed E-state index contributed by atoms with van der Waals surface area (Å²) in [6.07, 6.45) is 8.70. The van der Waals surface area contributed by atoms with Gasteiger partial charge < -0.3 is 10.4 Å². The molecule has 2 saturated heterocycles. The van der Waals surface area contributed by atoms with E-state index in [-0.39, 0.29) is 6.54 Å². The van der Waals surface area contributed by atoms with Crippen LogP contribution in [0, 0.1) is 17.2 Å². The number of hydrogen-bond donors (Lipinski definition) is 2. The first-order valence-electron chi connectivity index (χ1n) is 12.5. The third-order valence-corrected chi connectivity index (χ3v) is 7.25. The molecule has 3 aromatic rings. The van der Waals surface area contributed by atoms with Crippen LogP contribution >= 0.6 is 0 Å². The van der Waals surface area contributed by atoms with Gasteiger partial charge in [0, 0.05) is 11.3 Å². The van der Waals surface area contributed by atoms with Crippen molar-refractivity contribution in [1.29, 1.82) is 5.26 Å². The minimum Gasteiger partial charge on any atom is -0.480 e. The number of nitrogens with one attached hydrogen (secondary N) is 1. The van der Waals surface area contributed by atoms with Gasteiger partial charge in [0.25, 0.3) is 0 Å². The van der Waals surface area contributed by atoms with Gasteiger partial charge in [0.2, 0.25) is 0 Å². The fraction of sp³-hybridized carbons (Fsp3) is 0.393. The van der Waals surface area contributed by atoms with Crippen molar-refractivity contribution in [2.24, 2.45) is 5.92 Å². The minimum atomic E-state index is -0.774. The summed E-state index contributed by atoms with van der Waals surface area (Å²) in [5, 5.41) is 28.0. The standard InChI is InChI=1S/C28H31N5O2/c29-18-22-3-6-24(7-4-22)33-26-17-21(2-1-20-9-13-30-14-10-20)5-8-25(26)28(31-33)23-11-15-32(16-12-23)19-27(34)35/h1-8,17,20,23,30H,9-16,19H2,(H,34,35)/b2-1+. The van der Waals surface area contributed by atoms with E-state index in [1.54, 1.807) is 0 Å². The molecule has 0 aliphatic carbocycles. The molecule has 7 nitrogen and oxygen atoms in total. The van der Waals surface area contributed by atoms with Gasteiger partial charge in [0.1, 0.15) is 0 Å². The maximum Gasteiger partial charge on any atom is 0.317 e. The molecule has 3 heterocycles. The summed E-state index contributed by atoms with van der Waals surface area (Å²) in [5.74, 6) is 0.129. The Hall–Kier alpha value is -3.47. The number of benzene rings is 2. The van der Waals surface area contributed by atoms with Gasteiger partial charge in [-0.15, -0.1) is 0 Å². The van der Waals surface area contributed by atoms with Gasteiger partial charge in [-0.05, 0) is 93.7 Å². The maximum atomic E-state index is 11.1. The lowest BCUT2D eigenvalue weighted by Crippen LogP contribution is -2.36. The van der Waals surface area contributed by atoms with Crippen LogP contribution in [-0.4, -0.2) is 58.5 Å². The molecule has 7 heteroatoms. The Morgan fingerprint density at radius 3 is 2.54 bits per heavy atom. The highest BCUT2D eigenvalue weighted by Gasteiger charge is 2.26. The van der Waals surface area contributed by atoms with Gasteiger partial charge in [0.05, 0.1) is 35.1 Å². The fourth-order valence-corrected chi connectivity index (χ4v) is 5.27. The molecule has 0 amide bonds. The van der Waals surface area contributed by atoms with Crippen LogP contribution in [0.1, 0.15) is 48.4 Å². The monoisotopic (exact) mass is 469 g/mol. The molecule has 2 fully saturated rings. The Bertz CT molecular complexity index is 1260. The third kappa shape index (κ3) is 5.29. The van der Waals surface area contributed by atoms with E-state index in [0.29, 0.717) is 17.4 Å². The predicted octanol–water partition coefficient (Wildman–Crippen LogP) is 4.17. The zero-order valence-electron chi connectivity index (χ0n) is 19.9. The number of carbonyl (C=O) groups is 1. The Labute approximate surface area is 205 Å². The lowest BCUT2D eigenvalue weighted by atomic mass is 9.91. The fourth-order valence-electron chi connectivity index (χ4n) is 5.27. The number of hydrogen-bond acceptors (Lipinski definition) is 5. The molecule has 0 atom stereocenters. The summed E-state index contributed by atoms with van der Waals surface area (Å²) in [4.78, 5) is 13.1. The van der Waals surface area contributed by atoms with E-state index in [2.05, 4.69) is 41.7 Å². The van der Waals surface area contributed by atoms with Gasteiger partial charge in [0.15, 0.2) is 0 Å². The van der Waals surface area contributed by atoms with E-state index in [1.165, 1.54) is 12.8 Å². The molecule has 0 bridgehead atoms. The summed E-state index contributed by atoms with van der Waals surface area (Å²) in [7, 11) is 0. The average molecular weight is 470 g/mol. The van der Waals surface area contributed by atoms with Gasteiger partial charge in [-0.2, -0.15) is 10.4 Å². The maximum absolute atomic E-state index is 11.1. The smallest absolute Gasteiger partial charge is 0.317 e. The van der Waals surface area contributed by atoms with Crippen LogP contribution in [0.5, 0.6) is 0 Å². The highest BCUT2D eigenvalue weighted by atomic mass is 16.4. The van der Waals surface area contributed by atoms with Crippen molar-refractivity contribution in [1.82, 2.24) is 20.0 Å². The van der Waals surface area contributed by atoms with Crippen molar-refractivity contribution in [3.8, 4) is 11.8 Å². The van der Waals surface area contributed by atoms with Crippen molar-refractivity contribution in [2.75, 3.05) is 32.7 Å². The molecule has 0 spiro atoms. The van der Waals surface area contributed by atoms with Gasteiger partial charge >= 0.3 is 5.97 Å². The highest BCUT2D eigenvalue weighted by Crippen LogP contribution is 2.34. The molecule has 2 aromatic carbocycles. The first-order valence-corrected chi connectivity index (χ1v) is 12.5. The number of allylic oxidation sites excluding steroid dienone is 1. The van der Waals surface area contributed by atoms with E-state index in [0.717, 1.165) is 66.9 Å². The van der Waals surface area contributed by atoms with E-state index in [1.807, 2.05) is 33.8 Å². The molecule has 0 radical (unpaired) electrons. The molecule has 2 N–H and O–H groups in total. The van der Waals surface area contributed by atoms with Crippen LogP contribution in [0.25, 0.3) is 22.7 Å². The molecule has 2 aliphatic heterocycles. The summed E-state index contributed by atoms with van der Waals surface area (Å²) in [6, 6.07) is 16.3. The number of likely N-dealkylation sites (tertiary alicyclic amines) is 1. The first-order chi connectivity index (χ1) is 17.1. The molecule has 0 saturated carbocycles. The molecule has 2 aliphatic rings. The van der Waals surface area contributed by atoms with Crippen LogP contribution in [-0.2, 0) is 4.79 Å². The lowest BCUT2D eigenvalue weighted by Gasteiger charge is -2.30. The largest absolute Gasteiger partial charge is 0.480 e. The second kappa shape index (κ2) is 10.4. The number of rotatable bonds is 6. The topological polar surface area (TPSA) is 94.2 Å². The van der Waals surface area contributed by atoms with Crippen molar-refractivity contribution in [3.63, 3.8) is 0 Å². The van der Waals surface area contributed by atoms with Crippen molar-refractivity contribution >= 4 is 22.9 Å². The van der Waals surface area contributed by atoms with Crippen LogP contribution in [0.4, 0.5) is 0 Å². The number of aromatic nitrogens is 2. The quantitative estimate of drug-likeness (QED) is 0.563. The van der Waals surface area contributed by atoms with Crippen molar-refractivity contribution < 1.29 is 9.90 Å². The first kappa shape index (κ1) is 23.3. The molecule has 180 valence electrons. The minimum absolute atomic E-state index is 0.0971.